The first kappa shape index (κ1) is 20.0. The molecule has 1 saturated heterocycles. The molecule has 0 spiro atoms. The fraction of sp³-hybridized carbons (Fsp3) is 0.190. The second kappa shape index (κ2) is 8.31. The van der Waals surface area contributed by atoms with Crippen LogP contribution in [-0.2, 0) is 11.0 Å². The largest absolute Gasteiger partial charge is 0.335 e. The van der Waals surface area contributed by atoms with Crippen LogP contribution in [0.3, 0.4) is 0 Å². The number of nitrogens with one attached hydrogen (secondary N) is 2. The van der Waals surface area contributed by atoms with Gasteiger partial charge in [-0.15, -0.1) is 11.3 Å². The summed E-state index contributed by atoms with van der Waals surface area (Å²) >= 11 is 1.49. The number of rotatable bonds is 4. The molecule has 2 aromatic heterocycles. The monoisotopic (exact) mass is 452 g/mol. The zero-order chi connectivity index (χ0) is 21.4. The molecule has 0 aliphatic carbocycles. The lowest BCUT2D eigenvalue weighted by atomic mass is 10.1. The van der Waals surface area contributed by atoms with Crippen LogP contribution in [0.4, 0.5) is 11.6 Å². The summed E-state index contributed by atoms with van der Waals surface area (Å²) in [6.07, 6.45) is 1.75. The van der Waals surface area contributed by atoms with Gasteiger partial charge in [0.1, 0.15) is 11.0 Å². The van der Waals surface area contributed by atoms with Gasteiger partial charge < -0.3 is 15.5 Å². The minimum Gasteiger partial charge on any atom is -0.335 e. The number of fused-ring (bicyclic) bond motifs is 3. The maximum atomic E-state index is 12.9. The third kappa shape index (κ3) is 4.02. The maximum absolute atomic E-state index is 12.9. The number of piperazine rings is 1. The van der Waals surface area contributed by atoms with Gasteiger partial charge in [-0.1, -0.05) is 6.07 Å². The number of thiophene rings is 1. The number of nitrogens with zero attached hydrogens (tertiary/aromatic N) is 3. The molecule has 1 atom stereocenters. The number of carbonyl (C=O) groups is 1. The van der Waals surface area contributed by atoms with Crippen LogP contribution in [0.5, 0.6) is 0 Å². The van der Waals surface area contributed by atoms with E-state index in [0.717, 1.165) is 52.0 Å². The molecule has 1 aliphatic heterocycles. The van der Waals surface area contributed by atoms with Crippen molar-refractivity contribution in [2.24, 2.45) is 5.14 Å². The summed E-state index contributed by atoms with van der Waals surface area (Å²) < 4.78 is 12.5. The van der Waals surface area contributed by atoms with Crippen LogP contribution in [0, 0.1) is 0 Å². The third-order valence-electron chi connectivity index (χ3n) is 5.18. The summed E-state index contributed by atoms with van der Waals surface area (Å²) in [6.45, 7) is 3.08. The van der Waals surface area contributed by atoms with Gasteiger partial charge in [0.2, 0.25) is 5.95 Å². The van der Waals surface area contributed by atoms with Crippen molar-refractivity contribution in [1.82, 2.24) is 20.2 Å². The Morgan fingerprint density at radius 2 is 2.03 bits per heavy atom. The van der Waals surface area contributed by atoms with Gasteiger partial charge in [-0.05, 0) is 36.4 Å². The van der Waals surface area contributed by atoms with Crippen molar-refractivity contribution in [3.05, 3.63) is 53.5 Å². The first-order valence-electron chi connectivity index (χ1n) is 9.81. The van der Waals surface area contributed by atoms with Gasteiger partial charge in [0, 0.05) is 53.5 Å². The van der Waals surface area contributed by atoms with E-state index in [2.05, 4.69) is 15.6 Å². The van der Waals surface area contributed by atoms with Crippen molar-refractivity contribution < 1.29 is 9.00 Å². The Hall–Kier alpha value is -2.92. The molecular formula is C21H20N6O2S2. The van der Waals surface area contributed by atoms with Crippen molar-refractivity contribution in [3.63, 3.8) is 0 Å². The van der Waals surface area contributed by atoms with Gasteiger partial charge >= 0.3 is 0 Å². The number of hydrogen-bond acceptors (Lipinski definition) is 7. The fourth-order valence-electron chi connectivity index (χ4n) is 3.63. The average molecular weight is 453 g/mol. The Bertz CT molecular complexity index is 1320. The molecule has 158 valence electrons. The first-order valence-corrected chi connectivity index (χ1v) is 11.8. The Labute approximate surface area is 185 Å². The Balaban J connectivity index is 1.50. The number of anilines is 2. The summed E-state index contributed by atoms with van der Waals surface area (Å²) in [5.74, 6) is 0.482. The van der Waals surface area contributed by atoms with Crippen molar-refractivity contribution >= 4 is 60.9 Å². The number of amides is 1. The second-order valence-corrected chi connectivity index (χ2v) is 9.36. The summed E-state index contributed by atoms with van der Waals surface area (Å²) in [7, 11) is -1.56. The van der Waals surface area contributed by atoms with E-state index in [0.29, 0.717) is 16.5 Å². The molecule has 1 amide bonds. The molecule has 10 heteroatoms. The minimum absolute atomic E-state index is 0.0647. The van der Waals surface area contributed by atoms with Gasteiger partial charge in [0.25, 0.3) is 5.91 Å². The highest BCUT2D eigenvalue weighted by atomic mass is 32.2. The van der Waals surface area contributed by atoms with Crippen molar-refractivity contribution in [1.29, 1.82) is 0 Å². The molecule has 1 fully saturated rings. The summed E-state index contributed by atoms with van der Waals surface area (Å²) in [5.41, 5.74) is 1.48. The molecule has 0 bridgehead atoms. The predicted molar refractivity (Wildman–Crippen MR) is 124 cm³/mol. The summed E-state index contributed by atoms with van der Waals surface area (Å²) in [5, 5.41) is 13.7. The molecule has 1 aliphatic rings. The van der Waals surface area contributed by atoms with E-state index < -0.39 is 11.0 Å². The molecular weight excluding hydrogens is 432 g/mol. The molecule has 8 nitrogen and oxygen atoms in total. The van der Waals surface area contributed by atoms with E-state index in [9.17, 15) is 9.00 Å². The zero-order valence-corrected chi connectivity index (χ0v) is 18.1. The van der Waals surface area contributed by atoms with E-state index in [1.165, 1.54) is 11.3 Å². The second-order valence-electron chi connectivity index (χ2n) is 7.21. The summed E-state index contributed by atoms with van der Waals surface area (Å²) in [6, 6.07) is 12.9. The van der Waals surface area contributed by atoms with Crippen LogP contribution in [0.2, 0.25) is 0 Å². The minimum atomic E-state index is -1.56. The highest BCUT2D eigenvalue weighted by Gasteiger charge is 2.20. The Morgan fingerprint density at radius 3 is 2.84 bits per heavy atom. The number of hydrogen-bond donors (Lipinski definition) is 3. The van der Waals surface area contributed by atoms with Crippen LogP contribution in [0.15, 0.2) is 53.6 Å². The van der Waals surface area contributed by atoms with E-state index in [1.54, 1.807) is 24.4 Å². The van der Waals surface area contributed by atoms with Crippen LogP contribution in [0.25, 0.3) is 21.0 Å². The normalized spacial score (nSPS) is 15.3. The van der Waals surface area contributed by atoms with Crippen LogP contribution < -0.4 is 15.8 Å². The van der Waals surface area contributed by atoms with Crippen molar-refractivity contribution in [2.45, 2.75) is 4.90 Å². The quantitative estimate of drug-likeness (QED) is 0.439. The van der Waals surface area contributed by atoms with Gasteiger partial charge in [-0.25, -0.2) is 19.3 Å². The highest BCUT2D eigenvalue weighted by molar-refractivity contribution is 7.82. The lowest BCUT2D eigenvalue weighted by molar-refractivity contribution is 0.0741. The lowest BCUT2D eigenvalue weighted by Gasteiger charge is -2.26. The fourth-order valence-corrected chi connectivity index (χ4v) is 5.11. The van der Waals surface area contributed by atoms with Crippen LogP contribution in [0.1, 0.15) is 9.67 Å². The average Bonchev–Trinajstić information content (AvgIpc) is 3.24. The standard InChI is InChI=1S/C21H20N6O2S2/c22-31(29)15-3-1-2-14(10-15)25-21-24-12-13-4-5-17-16(19(13)26-21)11-18(30-17)20(28)27-8-6-23-7-9-27/h1-5,10-12,23H,6-9,22H2,(H,24,25,26). The smallest absolute Gasteiger partial charge is 0.264 e. The topological polar surface area (TPSA) is 113 Å². The number of carbonyl (C=O) groups excluding carboxylic acids is 1. The molecule has 5 rings (SSSR count). The molecule has 4 aromatic rings. The van der Waals surface area contributed by atoms with Gasteiger partial charge in [-0.3, -0.25) is 4.79 Å². The van der Waals surface area contributed by atoms with E-state index >= 15 is 0 Å². The highest BCUT2D eigenvalue weighted by Crippen LogP contribution is 2.32. The van der Waals surface area contributed by atoms with Gasteiger partial charge in [0.05, 0.1) is 15.3 Å². The zero-order valence-electron chi connectivity index (χ0n) is 16.5. The first-order chi connectivity index (χ1) is 15.1. The van der Waals surface area contributed by atoms with Crippen molar-refractivity contribution in [3.8, 4) is 0 Å². The summed E-state index contributed by atoms with van der Waals surface area (Å²) in [4.78, 5) is 25.1. The molecule has 3 heterocycles. The molecule has 2 aromatic carbocycles. The van der Waals surface area contributed by atoms with Gasteiger partial charge in [-0.2, -0.15) is 0 Å². The Morgan fingerprint density at radius 1 is 1.19 bits per heavy atom. The van der Waals surface area contributed by atoms with Crippen LogP contribution in [-0.4, -0.2) is 51.2 Å². The van der Waals surface area contributed by atoms with Crippen molar-refractivity contribution in [2.75, 3.05) is 31.5 Å². The maximum Gasteiger partial charge on any atom is 0.264 e. The van der Waals surface area contributed by atoms with Gasteiger partial charge in [0.15, 0.2) is 0 Å². The van der Waals surface area contributed by atoms with E-state index in [1.807, 2.05) is 29.2 Å². The predicted octanol–water partition coefficient (Wildman–Crippen LogP) is 2.61. The number of benzene rings is 2. The van der Waals surface area contributed by atoms with E-state index in [4.69, 9.17) is 10.1 Å². The molecule has 31 heavy (non-hydrogen) atoms. The lowest BCUT2D eigenvalue weighted by Crippen LogP contribution is -2.46. The third-order valence-corrected chi connectivity index (χ3v) is 6.99. The molecule has 0 radical (unpaired) electrons. The SMILES string of the molecule is NS(=O)c1cccc(Nc2ncc3ccc4sc(C(=O)N5CCNCC5)cc4c3n2)c1. The number of nitrogens with two attached hydrogens (primary N) is 1. The number of aromatic nitrogens is 2. The molecule has 1 unspecified atom stereocenters. The molecule has 0 saturated carbocycles. The molecule has 4 N–H and O–H groups in total. The Kier molecular flexibility index (Phi) is 5.36. The van der Waals surface area contributed by atoms with Crippen LogP contribution >= 0.6 is 11.3 Å². The van der Waals surface area contributed by atoms with E-state index in [-0.39, 0.29) is 5.91 Å².